The van der Waals surface area contributed by atoms with Crippen molar-refractivity contribution in [1.82, 2.24) is 4.98 Å². The number of amides is 1. The van der Waals surface area contributed by atoms with Crippen molar-refractivity contribution in [3.8, 4) is 23.8 Å². The zero-order valence-corrected chi connectivity index (χ0v) is 16.7. The number of thiazole rings is 1. The maximum absolute atomic E-state index is 12.3. The smallest absolute Gasteiger partial charge is 0.226 e. The van der Waals surface area contributed by atoms with Crippen LogP contribution in [0.15, 0.2) is 18.2 Å². The van der Waals surface area contributed by atoms with E-state index in [9.17, 15) is 4.79 Å². The second-order valence-corrected chi connectivity index (χ2v) is 7.97. The molecule has 146 valence electrons. The molecule has 0 aliphatic carbocycles. The molecule has 1 aromatic carbocycles. The van der Waals surface area contributed by atoms with Crippen LogP contribution in [0.1, 0.15) is 42.0 Å². The summed E-state index contributed by atoms with van der Waals surface area (Å²) in [4.78, 5) is 20.5. The number of anilines is 2. The van der Waals surface area contributed by atoms with E-state index in [-0.39, 0.29) is 18.4 Å². The normalized spacial score (nSPS) is 18.8. The number of rotatable bonds is 5. The van der Waals surface area contributed by atoms with E-state index >= 15 is 0 Å². The molecule has 2 aromatic rings. The average Bonchev–Trinajstić information content (AvgIpc) is 3.16. The lowest BCUT2D eigenvalue weighted by molar-refractivity contribution is -0.116. The molecule has 6 nitrogen and oxygen atoms in total. The molecule has 1 aromatic heterocycles. The van der Waals surface area contributed by atoms with Gasteiger partial charge in [-0.15, -0.1) is 6.42 Å². The highest BCUT2D eigenvalue weighted by Gasteiger charge is 2.32. The lowest BCUT2D eigenvalue weighted by atomic mass is 9.91. The minimum Gasteiger partial charge on any atom is -0.493 e. The summed E-state index contributed by atoms with van der Waals surface area (Å²) in [6.07, 6.45) is 9.36. The molecule has 0 unspecified atom stereocenters. The zero-order valence-electron chi connectivity index (χ0n) is 15.9. The largest absolute Gasteiger partial charge is 0.493 e. The molecule has 0 saturated carbocycles. The van der Waals surface area contributed by atoms with Gasteiger partial charge >= 0.3 is 0 Å². The minimum atomic E-state index is -0.0566. The molecule has 4 rings (SSSR count). The summed E-state index contributed by atoms with van der Waals surface area (Å²) >= 11 is 1.68. The number of carbonyl (C=O) groups is 1. The molecular formula is C21H23N3O3S. The van der Waals surface area contributed by atoms with Crippen molar-refractivity contribution in [1.29, 1.82) is 0 Å². The van der Waals surface area contributed by atoms with Crippen LogP contribution >= 0.6 is 11.3 Å². The molecule has 1 saturated heterocycles. The molecule has 0 radical (unpaired) electrons. The van der Waals surface area contributed by atoms with Gasteiger partial charge in [0.25, 0.3) is 0 Å². The first-order valence-electron chi connectivity index (χ1n) is 9.49. The molecule has 28 heavy (non-hydrogen) atoms. The topological polar surface area (TPSA) is 63.7 Å². The number of terminal acetylenes is 1. The molecule has 2 aliphatic heterocycles. The highest BCUT2D eigenvalue weighted by Crippen LogP contribution is 2.45. The Morgan fingerprint density at radius 2 is 2.14 bits per heavy atom. The predicted octanol–water partition coefficient (Wildman–Crippen LogP) is 3.63. The van der Waals surface area contributed by atoms with E-state index in [4.69, 9.17) is 20.9 Å². The lowest BCUT2D eigenvalue weighted by Crippen LogP contribution is -2.29. The van der Waals surface area contributed by atoms with Gasteiger partial charge in [0.1, 0.15) is 12.4 Å². The van der Waals surface area contributed by atoms with Crippen molar-refractivity contribution < 1.29 is 14.3 Å². The van der Waals surface area contributed by atoms with Gasteiger partial charge in [0.2, 0.25) is 5.91 Å². The second kappa shape index (κ2) is 8.11. The van der Waals surface area contributed by atoms with Crippen molar-refractivity contribution in [3.05, 3.63) is 28.6 Å². The van der Waals surface area contributed by atoms with Crippen LogP contribution in [0.25, 0.3) is 0 Å². The SMILES string of the molecule is C#CCOc1cc([C@H]2CC(=O)Nc3nc(N4CCCCC4)sc32)ccc1OC. The van der Waals surface area contributed by atoms with Crippen LogP contribution in [0.2, 0.25) is 0 Å². The van der Waals surface area contributed by atoms with Gasteiger partial charge in [-0.25, -0.2) is 4.98 Å². The molecule has 3 heterocycles. The molecule has 1 N–H and O–H groups in total. The highest BCUT2D eigenvalue weighted by atomic mass is 32.1. The monoisotopic (exact) mass is 397 g/mol. The van der Waals surface area contributed by atoms with Crippen LogP contribution in [-0.4, -0.2) is 37.7 Å². The van der Waals surface area contributed by atoms with Gasteiger partial charge in [-0.3, -0.25) is 4.79 Å². The molecule has 2 aliphatic rings. The van der Waals surface area contributed by atoms with Crippen molar-refractivity contribution in [3.63, 3.8) is 0 Å². The summed E-state index contributed by atoms with van der Waals surface area (Å²) in [6.45, 7) is 2.21. The molecule has 1 atom stereocenters. The van der Waals surface area contributed by atoms with Gasteiger partial charge in [0.05, 0.1) is 12.0 Å². The summed E-state index contributed by atoms with van der Waals surface area (Å²) in [5.74, 6) is 4.30. The van der Waals surface area contributed by atoms with Gasteiger partial charge < -0.3 is 19.7 Å². The standard InChI is InChI=1S/C21H23N3O3S/c1-3-11-27-17-12-14(7-8-16(17)26-2)15-13-18(25)22-20-19(15)28-21(23-20)24-9-5-4-6-10-24/h1,7-8,12,15H,4-6,9-11,13H2,2H3,(H,22,25)/t15-/m1/s1. The summed E-state index contributed by atoms with van der Waals surface area (Å²) in [5, 5.41) is 3.94. The first kappa shape index (κ1) is 18.6. The van der Waals surface area contributed by atoms with Crippen LogP contribution in [0, 0.1) is 12.3 Å². The Morgan fingerprint density at radius 3 is 2.89 bits per heavy atom. The maximum atomic E-state index is 12.3. The highest BCUT2D eigenvalue weighted by molar-refractivity contribution is 7.16. The van der Waals surface area contributed by atoms with Crippen LogP contribution in [0.3, 0.4) is 0 Å². The van der Waals surface area contributed by atoms with Crippen LogP contribution < -0.4 is 19.7 Å². The number of benzene rings is 1. The van der Waals surface area contributed by atoms with E-state index in [2.05, 4.69) is 16.1 Å². The minimum absolute atomic E-state index is 0.0186. The average molecular weight is 398 g/mol. The van der Waals surface area contributed by atoms with Gasteiger partial charge in [-0.1, -0.05) is 23.3 Å². The number of hydrogen-bond acceptors (Lipinski definition) is 6. The quantitative estimate of drug-likeness (QED) is 0.781. The first-order chi connectivity index (χ1) is 13.7. The number of methoxy groups -OCH3 is 1. The van der Waals surface area contributed by atoms with E-state index in [1.807, 2.05) is 18.2 Å². The van der Waals surface area contributed by atoms with Gasteiger partial charge in [-0.05, 0) is 37.0 Å². The fourth-order valence-corrected chi connectivity index (χ4v) is 4.94. The fourth-order valence-electron chi connectivity index (χ4n) is 3.74. The molecule has 0 spiro atoms. The maximum Gasteiger partial charge on any atom is 0.226 e. The van der Waals surface area contributed by atoms with Crippen LogP contribution in [0.5, 0.6) is 11.5 Å². The zero-order chi connectivity index (χ0) is 19.5. The summed E-state index contributed by atoms with van der Waals surface area (Å²) in [5.41, 5.74) is 0.998. The summed E-state index contributed by atoms with van der Waals surface area (Å²) in [7, 11) is 1.60. The number of carbonyl (C=O) groups excluding carboxylic acids is 1. The Kier molecular flexibility index (Phi) is 5.40. The van der Waals surface area contributed by atoms with E-state index < -0.39 is 0 Å². The third-order valence-electron chi connectivity index (χ3n) is 5.13. The molecule has 7 heteroatoms. The number of nitrogens with zero attached hydrogens (tertiary/aromatic N) is 2. The van der Waals surface area contributed by atoms with Crippen LogP contribution in [0.4, 0.5) is 10.9 Å². The number of aromatic nitrogens is 1. The van der Waals surface area contributed by atoms with Crippen molar-refractivity contribution in [2.45, 2.75) is 31.6 Å². The lowest BCUT2D eigenvalue weighted by Gasteiger charge is -2.25. The number of hydrogen-bond donors (Lipinski definition) is 1. The first-order valence-corrected chi connectivity index (χ1v) is 10.3. The van der Waals surface area contributed by atoms with Gasteiger partial charge in [0.15, 0.2) is 16.6 Å². The Balaban J connectivity index is 1.68. The third kappa shape index (κ3) is 3.65. The molecule has 1 amide bonds. The molecule has 0 bridgehead atoms. The van der Waals surface area contributed by atoms with Crippen molar-refractivity contribution >= 4 is 28.2 Å². The predicted molar refractivity (Wildman–Crippen MR) is 111 cm³/mol. The number of piperidine rings is 1. The van der Waals surface area contributed by atoms with Crippen molar-refractivity contribution in [2.75, 3.05) is 37.0 Å². The Morgan fingerprint density at radius 1 is 1.32 bits per heavy atom. The Bertz CT molecular complexity index is 912. The Labute approximate surface area is 168 Å². The summed E-state index contributed by atoms with van der Waals surface area (Å²) < 4.78 is 11.0. The van der Waals surface area contributed by atoms with E-state index in [0.29, 0.717) is 23.7 Å². The number of ether oxygens (including phenoxy) is 2. The van der Waals surface area contributed by atoms with Gasteiger partial charge in [0, 0.05) is 25.4 Å². The molecular weight excluding hydrogens is 374 g/mol. The van der Waals surface area contributed by atoms with E-state index in [1.165, 1.54) is 19.3 Å². The van der Waals surface area contributed by atoms with Crippen LogP contribution in [-0.2, 0) is 4.79 Å². The van der Waals surface area contributed by atoms with Crippen molar-refractivity contribution in [2.24, 2.45) is 0 Å². The fraction of sp³-hybridized carbons (Fsp3) is 0.429. The third-order valence-corrected chi connectivity index (χ3v) is 6.36. The second-order valence-electron chi connectivity index (χ2n) is 6.96. The Hall–Kier alpha value is -2.72. The van der Waals surface area contributed by atoms with Gasteiger partial charge in [-0.2, -0.15) is 0 Å². The molecule has 1 fully saturated rings. The number of nitrogens with one attached hydrogen (secondary N) is 1. The van der Waals surface area contributed by atoms with E-state index in [1.54, 1.807) is 18.4 Å². The number of fused-ring (bicyclic) bond motifs is 1. The summed E-state index contributed by atoms with van der Waals surface area (Å²) in [6, 6.07) is 5.76. The van der Waals surface area contributed by atoms with E-state index in [0.717, 1.165) is 28.7 Å².